The van der Waals surface area contributed by atoms with E-state index in [0.717, 1.165) is 30.4 Å². The lowest BCUT2D eigenvalue weighted by molar-refractivity contribution is -0.167. The van der Waals surface area contributed by atoms with E-state index >= 15 is 0 Å². The summed E-state index contributed by atoms with van der Waals surface area (Å²) in [4.78, 5) is 0. The van der Waals surface area contributed by atoms with Crippen molar-refractivity contribution in [3.63, 3.8) is 0 Å². The van der Waals surface area contributed by atoms with Gasteiger partial charge in [-0.15, -0.1) is 0 Å². The Hall–Kier alpha value is -1.25. The molecule has 0 saturated heterocycles. The van der Waals surface area contributed by atoms with Gasteiger partial charge in [-0.05, 0) is 24.8 Å². The fourth-order valence-corrected chi connectivity index (χ4v) is 2.67. The third-order valence-corrected chi connectivity index (χ3v) is 3.62. The van der Waals surface area contributed by atoms with Crippen LogP contribution >= 0.6 is 0 Å². The van der Waals surface area contributed by atoms with Crippen molar-refractivity contribution in [2.75, 3.05) is 0 Å². The van der Waals surface area contributed by atoms with E-state index in [1.165, 1.54) is 12.2 Å². The molecule has 3 heteroatoms. The molecule has 0 nitrogen and oxygen atoms in total. The van der Waals surface area contributed by atoms with Gasteiger partial charge in [0.05, 0.1) is 5.92 Å². The van der Waals surface area contributed by atoms with Crippen LogP contribution in [0.25, 0.3) is 0 Å². The molecule has 0 aromatic heterocycles. The van der Waals surface area contributed by atoms with E-state index in [0.29, 0.717) is 0 Å². The van der Waals surface area contributed by atoms with Crippen LogP contribution in [-0.4, -0.2) is 6.18 Å². The molecule has 0 aliphatic heterocycles. The zero-order valence-electron chi connectivity index (χ0n) is 10.4. The van der Waals surface area contributed by atoms with Crippen LogP contribution in [0.5, 0.6) is 0 Å². The highest BCUT2D eigenvalue weighted by molar-refractivity contribution is 5.38. The zero-order valence-corrected chi connectivity index (χ0v) is 10.4. The number of alkyl halides is 3. The van der Waals surface area contributed by atoms with Gasteiger partial charge < -0.3 is 0 Å². The predicted molar refractivity (Wildman–Crippen MR) is 67.0 cm³/mol. The average Bonchev–Trinajstić information content (AvgIpc) is 2.37. The van der Waals surface area contributed by atoms with E-state index in [2.05, 4.69) is 0 Å². The zero-order chi connectivity index (χ0) is 13.2. The molecule has 0 N–H and O–H groups in total. The first-order chi connectivity index (χ1) is 8.54. The van der Waals surface area contributed by atoms with Gasteiger partial charge in [0, 0.05) is 5.92 Å². The maximum absolute atomic E-state index is 13.0. The van der Waals surface area contributed by atoms with Crippen LogP contribution in [0.3, 0.4) is 0 Å². The highest BCUT2D eigenvalue weighted by atomic mass is 19.4. The third kappa shape index (κ3) is 2.60. The Morgan fingerprint density at radius 3 is 2.61 bits per heavy atom. The van der Waals surface area contributed by atoms with Gasteiger partial charge in [-0.1, -0.05) is 49.0 Å². The molecular weight excluding hydrogens is 237 g/mol. The van der Waals surface area contributed by atoms with E-state index in [1.807, 2.05) is 19.1 Å². The quantitative estimate of drug-likeness (QED) is 0.653. The van der Waals surface area contributed by atoms with Gasteiger partial charge in [0.25, 0.3) is 0 Å². The molecule has 2 aliphatic carbocycles. The van der Waals surface area contributed by atoms with Crippen molar-refractivity contribution >= 4 is 0 Å². The first-order valence-electron chi connectivity index (χ1n) is 6.34. The molecule has 2 rings (SSSR count). The SMILES string of the molecule is CCC1=C(C2C=CC=CC2C(F)(F)F)C=CCC1. The Kier molecular flexibility index (Phi) is 3.79. The minimum absolute atomic E-state index is 0.554. The van der Waals surface area contributed by atoms with Gasteiger partial charge in [-0.25, -0.2) is 0 Å². The fraction of sp³-hybridized carbons (Fsp3) is 0.467. The monoisotopic (exact) mass is 254 g/mol. The minimum atomic E-state index is -4.18. The summed E-state index contributed by atoms with van der Waals surface area (Å²) in [5, 5.41) is 0. The van der Waals surface area contributed by atoms with Crippen LogP contribution in [0, 0.1) is 11.8 Å². The molecule has 0 fully saturated rings. The van der Waals surface area contributed by atoms with Gasteiger partial charge in [-0.3, -0.25) is 0 Å². The summed E-state index contributed by atoms with van der Waals surface area (Å²) < 4.78 is 39.1. The second-order valence-electron chi connectivity index (χ2n) is 4.72. The normalized spacial score (nSPS) is 28.0. The summed E-state index contributed by atoms with van der Waals surface area (Å²) in [5.41, 5.74) is 2.03. The maximum atomic E-state index is 13.0. The molecule has 98 valence electrons. The Bertz CT molecular complexity index is 422. The van der Waals surface area contributed by atoms with Crippen molar-refractivity contribution in [1.82, 2.24) is 0 Å². The van der Waals surface area contributed by atoms with Crippen molar-refractivity contribution in [2.24, 2.45) is 11.8 Å². The summed E-state index contributed by atoms with van der Waals surface area (Å²) in [7, 11) is 0. The van der Waals surface area contributed by atoms with Gasteiger partial charge in [0.15, 0.2) is 0 Å². The van der Waals surface area contributed by atoms with Crippen LogP contribution in [0.2, 0.25) is 0 Å². The lowest BCUT2D eigenvalue weighted by Gasteiger charge is -2.30. The van der Waals surface area contributed by atoms with Crippen LogP contribution in [0.15, 0.2) is 47.6 Å². The predicted octanol–water partition coefficient (Wildman–Crippen LogP) is 4.96. The molecule has 2 atom stereocenters. The average molecular weight is 254 g/mol. The van der Waals surface area contributed by atoms with E-state index in [-0.39, 0.29) is 0 Å². The Labute approximate surface area is 106 Å². The van der Waals surface area contributed by atoms with Crippen molar-refractivity contribution in [3.05, 3.63) is 47.6 Å². The number of hydrogen-bond acceptors (Lipinski definition) is 0. The smallest absolute Gasteiger partial charge is 0.170 e. The van der Waals surface area contributed by atoms with Gasteiger partial charge >= 0.3 is 6.18 Å². The number of halogens is 3. The van der Waals surface area contributed by atoms with Crippen molar-refractivity contribution in [1.29, 1.82) is 0 Å². The van der Waals surface area contributed by atoms with Crippen LogP contribution in [-0.2, 0) is 0 Å². The molecule has 0 aromatic rings. The van der Waals surface area contributed by atoms with Crippen LogP contribution in [0.1, 0.15) is 26.2 Å². The van der Waals surface area contributed by atoms with E-state index in [4.69, 9.17) is 0 Å². The molecule has 0 spiro atoms. The largest absolute Gasteiger partial charge is 0.396 e. The van der Waals surface area contributed by atoms with E-state index < -0.39 is 18.0 Å². The standard InChI is InChI=1S/C15H17F3/c1-2-11-7-3-4-8-12(11)13-9-5-6-10-14(13)15(16,17)18/h4-6,8-10,13-14H,2-3,7H2,1H3. The summed E-state index contributed by atoms with van der Waals surface area (Å²) in [6.45, 7) is 2.01. The Balaban J connectivity index is 2.36. The topological polar surface area (TPSA) is 0 Å². The van der Waals surface area contributed by atoms with Gasteiger partial charge in [0.1, 0.15) is 0 Å². The Morgan fingerprint density at radius 2 is 1.94 bits per heavy atom. The summed E-state index contributed by atoms with van der Waals surface area (Å²) in [5.74, 6) is -1.94. The molecule has 0 amide bonds. The molecule has 0 aromatic carbocycles. The summed E-state index contributed by atoms with van der Waals surface area (Å²) in [6.07, 6.45) is 8.51. The van der Waals surface area contributed by atoms with E-state index in [1.54, 1.807) is 12.2 Å². The van der Waals surface area contributed by atoms with E-state index in [9.17, 15) is 13.2 Å². The van der Waals surface area contributed by atoms with Crippen LogP contribution in [0.4, 0.5) is 13.2 Å². The van der Waals surface area contributed by atoms with Gasteiger partial charge in [0.2, 0.25) is 0 Å². The van der Waals surface area contributed by atoms with Crippen molar-refractivity contribution in [3.8, 4) is 0 Å². The highest BCUT2D eigenvalue weighted by Gasteiger charge is 2.43. The molecular formula is C15H17F3. The first-order valence-corrected chi connectivity index (χ1v) is 6.34. The molecule has 2 unspecified atom stereocenters. The molecule has 0 bridgehead atoms. The maximum Gasteiger partial charge on any atom is 0.396 e. The Morgan fingerprint density at radius 1 is 1.22 bits per heavy atom. The summed E-state index contributed by atoms with van der Waals surface area (Å²) in [6, 6.07) is 0. The highest BCUT2D eigenvalue weighted by Crippen LogP contribution is 2.42. The first kappa shape index (κ1) is 13.2. The second-order valence-corrected chi connectivity index (χ2v) is 4.72. The van der Waals surface area contributed by atoms with Crippen molar-refractivity contribution < 1.29 is 13.2 Å². The molecule has 18 heavy (non-hydrogen) atoms. The lowest BCUT2D eigenvalue weighted by atomic mass is 9.77. The van der Waals surface area contributed by atoms with Crippen molar-refractivity contribution in [2.45, 2.75) is 32.4 Å². The molecule has 2 aliphatic rings. The summed E-state index contributed by atoms with van der Waals surface area (Å²) >= 11 is 0. The molecule has 0 radical (unpaired) electrons. The number of rotatable bonds is 2. The van der Waals surface area contributed by atoms with Crippen LogP contribution < -0.4 is 0 Å². The second kappa shape index (κ2) is 5.17. The fourth-order valence-electron chi connectivity index (χ4n) is 2.67. The third-order valence-electron chi connectivity index (χ3n) is 3.62. The van der Waals surface area contributed by atoms with Gasteiger partial charge in [-0.2, -0.15) is 13.2 Å². The molecule has 0 saturated carbocycles. The lowest BCUT2D eigenvalue weighted by Crippen LogP contribution is -2.30. The molecule has 0 heterocycles. The minimum Gasteiger partial charge on any atom is -0.170 e. The number of hydrogen-bond donors (Lipinski definition) is 0. The number of allylic oxidation sites excluding steroid dienone is 8.